The fraction of sp³-hybridized carbons (Fsp3) is 0. The lowest BCUT2D eigenvalue weighted by Crippen LogP contribution is -1.91. The second-order valence-corrected chi connectivity index (χ2v) is 35.7. The van der Waals surface area contributed by atoms with Gasteiger partial charge >= 0.3 is 0 Å². The summed E-state index contributed by atoms with van der Waals surface area (Å²) in [5, 5.41) is 15.1. The van der Waals surface area contributed by atoms with Crippen LogP contribution in [0.4, 0.5) is 0 Å². The van der Waals surface area contributed by atoms with Gasteiger partial charge in [-0.1, -0.05) is 340 Å². The molecule has 9 aromatic heterocycles. The van der Waals surface area contributed by atoms with Crippen molar-refractivity contribution >= 4 is 81.6 Å². The highest BCUT2D eigenvalue weighted by molar-refractivity contribution is 6.17. The summed E-state index contributed by atoms with van der Waals surface area (Å²) in [6, 6.07) is 171. The van der Waals surface area contributed by atoms with Crippen LogP contribution in [0.3, 0.4) is 0 Å². The fourth-order valence-corrected chi connectivity index (χ4v) is 20.5. The topological polar surface area (TPSA) is 90.6 Å². The zero-order chi connectivity index (χ0) is 93.5. The molecular weight excluding hydrogens is 1710 g/mol. The van der Waals surface area contributed by atoms with Gasteiger partial charge in [-0.05, 0) is 288 Å². The summed E-state index contributed by atoms with van der Waals surface area (Å²) in [5.74, 6) is 0. The van der Waals surface area contributed by atoms with E-state index in [0.717, 1.165) is 146 Å². The van der Waals surface area contributed by atoms with Crippen molar-refractivity contribution in [1.82, 2.24) is 43.1 Å². The number of fused-ring (bicyclic) bond motifs is 12. The number of aromatic nitrogens is 9. The van der Waals surface area contributed by atoms with Gasteiger partial charge in [-0.2, -0.15) is 0 Å². The van der Waals surface area contributed by atoms with Crippen molar-refractivity contribution in [2.45, 2.75) is 0 Å². The normalized spacial score (nSPS) is 11.4. The van der Waals surface area contributed by atoms with Crippen LogP contribution in [-0.2, 0) is 0 Å². The number of nitrogens with zero attached hydrogens (tertiary/aromatic N) is 9. The van der Waals surface area contributed by atoms with Gasteiger partial charge in [0, 0.05) is 94.1 Å². The molecule has 141 heavy (non-hydrogen) atoms. The molecular formula is C132H87N9. The van der Waals surface area contributed by atoms with Gasteiger partial charge < -0.3 is 0 Å². The van der Waals surface area contributed by atoms with Crippen LogP contribution in [0.1, 0.15) is 0 Å². The maximum absolute atomic E-state index is 5.03. The van der Waals surface area contributed by atoms with Gasteiger partial charge in [0.1, 0.15) is 16.9 Å². The predicted octanol–water partition coefficient (Wildman–Crippen LogP) is 34.1. The Kier molecular flexibility index (Phi) is 21.8. The average Bonchev–Trinajstić information content (AvgIpc) is 1.36. The van der Waals surface area contributed by atoms with E-state index in [2.05, 4.69) is 472 Å². The molecule has 0 N–H and O–H groups in total. The van der Waals surface area contributed by atoms with E-state index in [4.69, 9.17) is 19.9 Å². The molecule has 27 aromatic rings. The summed E-state index contributed by atoms with van der Waals surface area (Å²) < 4.78 is 6.55. The maximum Gasteiger partial charge on any atom is 0.137 e. The van der Waals surface area contributed by atoms with Crippen molar-refractivity contribution in [3.05, 3.63) is 529 Å². The lowest BCUT2D eigenvalue weighted by molar-refractivity contribution is 1.19. The highest BCUT2D eigenvalue weighted by atomic mass is 15.0. The van der Waals surface area contributed by atoms with Crippen LogP contribution in [0, 0.1) is 0 Å². The Morgan fingerprint density at radius 1 is 0.156 bits per heavy atom. The van der Waals surface area contributed by atoms with Crippen molar-refractivity contribution in [2.24, 2.45) is 0 Å². The minimum absolute atomic E-state index is 0.931. The molecule has 0 spiro atoms. The Morgan fingerprint density at radius 3 is 0.787 bits per heavy atom. The number of imidazole rings is 3. The number of pyridine rings is 6. The van der Waals surface area contributed by atoms with E-state index >= 15 is 0 Å². The molecule has 0 bridgehead atoms. The summed E-state index contributed by atoms with van der Waals surface area (Å²) in [5.41, 5.74) is 36.4. The van der Waals surface area contributed by atoms with E-state index in [0.29, 0.717) is 0 Å². The molecule has 0 unspecified atom stereocenters. The van der Waals surface area contributed by atoms with E-state index < -0.39 is 0 Å². The third-order valence-corrected chi connectivity index (χ3v) is 27.2. The summed E-state index contributed by atoms with van der Waals surface area (Å²) >= 11 is 0. The number of benzene rings is 18. The number of hydrogen-bond acceptors (Lipinski definition) is 6. The monoisotopic (exact) mass is 1800 g/mol. The van der Waals surface area contributed by atoms with Gasteiger partial charge in [0.15, 0.2) is 0 Å². The van der Waals surface area contributed by atoms with E-state index in [-0.39, 0.29) is 0 Å². The first kappa shape index (κ1) is 83.8. The molecule has 0 aliphatic carbocycles. The van der Waals surface area contributed by atoms with Crippen molar-refractivity contribution in [3.63, 3.8) is 0 Å². The molecule has 0 fully saturated rings. The van der Waals surface area contributed by atoms with Gasteiger partial charge in [-0.3, -0.25) is 28.2 Å². The Labute approximate surface area is 815 Å². The van der Waals surface area contributed by atoms with Crippen molar-refractivity contribution < 1.29 is 0 Å². The first-order chi connectivity index (χ1) is 69.9. The Morgan fingerprint density at radius 2 is 0.440 bits per heavy atom. The zero-order valence-corrected chi connectivity index (χ0v) is 76.8. The van der Waals surface area contributed by atoms with Crippen LogP contribution in [0.15, 0.2) is 529 Å². The molecule has 0 saturated heterocycles. The standard InChI is InChI=1S/3C44H29N3/c1-2-12-31(13-3-1)43-44(47-25-11-9-19-42(47)46-43)32-22-20-30(21-23-32)34-26-35(28-36(27-34)41-18-8-10-24-45-41)40-29-33-14-4-5-15-37(33)38-16-6-7-17-39(38)40;1-2-11-31(12-3-1)43-44(47-24-9-8-18-42(47)46-43)32-21-19-30(20-22-32)35-25-36(34-14-10-23-45-29-34)27-37(26-35)41-28-33-13-4-5-15-38(33)39-16-6-7-17-40(39)41;1-2-10-32(11-3-1)43-44(47-25-9-8-16-42(47)46-43)33-19-17-30(18-20-33)35-26-36(31-21-23-45-24-22-31)28-37(27-35)41-29-34-12-4-5-13-38(34)39-14-6-7-15-40(39)41/h3*1-29H. The molecule has 9 nitrogen and oxygen atoms in total. The maximum atomic E-state index is 5.03. The molecule has 9 heteroatoms. The van der Waals surface area contributed by atoms with Gasteiger partial charge in [-0.15, -0.1) is 0 Å². The third kappa shape index (κ3) is 16.1. The number of rotatable bonds is 15. The largest absolute Gasteiger partial charge is 0.299 e. The van der Waals surface area contributed by atoms with E-state index in [1.807, 2.05) is 79.5 Å². The first-order valence-corrected chi connectivity index (χ1v) is 47.7. The molecule has 660 valence electrons. The molecule has 9 heterocycles. The highest BCUT2D eigenvalue weighted by Gasteiger charge is 2.24. The van der Waals surface area contributed by atoms with E-state index in [1.165, 1.54) is 104 Å². The van der Waals surface area contributed by atoms with E-state index in [1.54, 1.807) is 0 Å². The van der Waals surface area contributed by atoms with Crippen LogP contribution < -0.4 is 0 Å². The van der Waals surface area contributed by atoms with Crippen molar-refractivity contribution in [3.8, 4) is 168 Å². The molecule has 0 saturated carbocycles. The van der Waals surface area contributed by atoms with Crippen LogP contribution in [0.25, 0.3) is 249 Å². The molecule has 18 aromatic carbocycles. The fourth-order valence-electron chi connectivity index (χ4n) is 20.5. The summed E-state index contributed by atoms with van der Waals surface area (Å²) in [7, 11) is 0. The van der Waals surface area contributed by atoms with Gasteiger partial charge in [0.05, 0.1) is 39.9 Å². The molecule has 0 radical (unpaired) electrons. The van der Waals surface area contributed by atoms with Gasteiger partial charge in [0.2, 0.25) is 0 Å². The van der Waals surface area contributed by atoms with Crippen LogP contribution in [0.5, 0.6) is 0 Å². The molecule has 0 aliphatic rings. The average molecular weight is 1800 g/mol. The lowest BCUT2D eigenvalue weighted by atomic mass is 9.89. The minimum atomic E-state index is 0.931. The molecule has 0 amide bonds. The van der Waals surface area contributed by atoms with Crippen LogP contribution >= 0.6 is 0 Å². The molecule has 0 aliphatic heterocycles. The second-order valence-electron chi connectivity index (χ2n) is 35.7. The van der Waals surface area contributed by atoms with Crippen LogP contribution in [0.2, 0.25) is 0 Å². The predicted molar refractivity (Wildman–Crippen MR) is 586 cm³/mol. The lowest BCUT2D eigenvalue weighted by Gasteiger charge is -2.15. The highest BCUT2D eigenvalue weighted by Crippen LogP contribution is 2.47. The molecule has 27 rings (SSSR count). The third-order valence-electron chi connectivity index (χ3n) is 27.2. The minimum Gasteiger partial charge on any atom is -0.299 e. The van der Waals surface area contributed by atoms with E-state index in [9.17, 15) is 0 Å². The summed E-state index contributed by atoms with van der Waals surface area (Å²) in [4.78, 5) is 28.6. The first-order valence-electron chi connectivity index (χ1n) is 47.7. The smallest absolute Gasteiger partial charge is 0.137 e. The van der Waals surface area contributed by atoms with Crippen LogP contribution in [-0.4, -0.2) is 43.1 Å². The second kappa shape index (κ2) is 36.7. The number of hydrogen-bond donors (Lipinski definition) is 0. The Bertz CT molecular complexity index is 8510. The summed E-state index contributed by atoms with van der Waals surface area (Å²) in [6.07, 6.45) is 15.6. The SMILES string of the molecule is c1ccc(-c2nc3ccccn3c2-c2ccc(-c3cc(-c4ccccn4)cc(-c4cc5ccccc5c5ccccc45)c3)cc2)cc1.c1ccc(-c2nc3ccccn3c2-c2ccc(-c3cc(-c4cccnc4)cc(-c4cc5ccccc5c5ccccc45)c3)cc2)cc1.c1ccc(-c2nc3ccccn3c2-c2ccc(-c3cc(-c4ccncc4)cc(-c4cc5ccccc5c5ccccc45)c3)cc2)cc1. The Balaban J connectivity index is 0.000000111. The Hall–Kier alpha value is -19.0. The zero-order valence-electron chi connectivity index (χ0n) is 76.8. The van der Waals surface area contributed by atoms with Crippen molar-refractivity contribution in [1.29, 1.82) is 0 Å². The van der Waals surface area contributed by atoms with Crippen molar-refractivity contribution in [2.75, 3.05) is 0 Å². The quantitative estimate of drug-likeness (QED) is 0.0950. The van der Waals surface area contributed by atoms with Gasteiger partial charge in [-0.25, -0.2) is 15.0 Å². The van der Waals surface area contributed by atoms with Gasteiger partial charge in [0.25, 0.3) is 0 Å². The summed E-state index contributed by atoms with van der Waals surface area (Å²) in [6.45, 7) is 0. The molecule has 0 atom stereocenters.